The van der Waals surface area contributed by atoms with Crippen LogP contribution in [0.4, 0.5) is 5.82 Å². The summed E-state index contributed by atoms with van der Waals surface area (Å²) in [5, 5.41) is 3.24. The lowest BCUT2D eigenvalue weighted by molar-refractivity contribution is 1.05. The molecule has 0 radical (unpaired) electrons. The van der Waals surface area contributed by atoms with Crippen molar-refractivity contribution >= 4 is 5.82 Å². The second-order valence-corrected chi connectivity index (χ2v) is 3.61. The zero-order chi connectivity index (χ0) is 10.6. The minimum atomic E-state index is 0.807. The average Bonchev–Trinajstić information content (AvgIpc) is 2.10. The van der Waals surface area contributed by atoms with Gasteiger partial charge in [0.05, 0.1) is 11.4 Å². The summed E-state index contributed by atoms with van der Waals surface area (Å²) in [5.74, 6) is 0.877. The number of nitrogens with zero attached hydrogens (tertiary/aromatic N) is 2. The smallest absolute Gasteiger partial charge is 0.147 e. The van der Waals surface area contributed by atoms with E-state index in [1.807, 2.05) is 13.8 Å². The Morgan fingerprint density at radius 3 is 2.79 bits per heavy atom. The fourth-order valence-corrected chi connectivity index (χ4v) is 1.06. The van der Waals surface area contributed by atoms with Crippen LogP contribution >= 0.6 is 0 Å². The van der Waals surface area contributed by atoms with E-state index in [2.05, 4.69) is 35.2 Å². The summed E-state index contributed by atoms with van der Waals surface area (Å²) in [4.78, 5) is 8.60. The van der Waals surface area contributed by atoms with E-state index >= 15 is 0 Å². The summed E-state index contributed by atoms with van der Waals surface area (Å²) in [5.41, 5.74) is 3.18. The number of aryl methyl sites for hydroxylation is 2. The molecular formula is C11H17N3. The Labute approximate surface area is 85.3 Å². The van der Waals surface area contributed by atoms with Gasteiger partial charge in [0.25, 0.3) is 0 Å². The summed E-state index contributed by atoms with van der Waals surface area (Å²) < 4.78 is 0. The van der Waals surface area contributed by atoms with E-state index in [9.17, 15) is 0 Å². The molecule has 0 bridgehead atoms. The summed E-state index contributed by atoms with van der Waals surface area (Å²) in [6.45, 7) is 8.87. The third kappa shape index (κ3) is 3.17. The molecule has 0 fully saturated rings. The van der Waals surface area contributed by atoms with Crippen molar-refractivity contribution < 1.29 is 0 Å². The Kier molecular flexibility index (Phi) is 3.63. The fraction of sp³-hybridized carbons (Fsp3) is 0.455. The Balaban J connectivity index is 2.67. The molecule has 0 aromatic carbocycles. The maximum atomic E-state index is 4.37. The van der Waals surface area contributed by atoms with Crippen molar-refractivity contribution in [1.82, 2.24) is 9.97 Å². The first-order chi connectivity index (χ1) is 6.59. The van der Waals surface area contributed by atoms with E-state index in [0.717, 1.165) is 23.8 Å². The normalized spacial score (nSPS) is 9.71. The number of nitrogens with one attached hydrogen (secondary N) is 1. The van der Waals surface area contributed by atoms with Crippen molar-refractivity contribution in [1.29, 1.82) is 0 Å². The maximum Gasteiger partial charge on any atom is 0.147 e. The van der Waals surface area contributed by atoms with Gasteiger partial charge in [-0.15, -0.1) is 0 Å². The average molecular weight is 191 g/mol. The van der Waals surface area contributed by atoms with Crippen molar-refractivity contribution in [3.05, 3.63) is 29.2 Å². The van der Waals surface area contributed by atoms with Crippen LogP contribution in [0.1, 0.15) is 25.2 Å². The number of rotatable bonds is 3. The molecule has 0 unspecified atom stereocenters. The lowest BCUT2D eigenvalue weighted by Gasteiger charge is -2.06. The zero-order valence-corrected chi connectivity index (χ0v) is 9.26. The topological polar surface area (TPSA) is 37.8 Å². The van der Waals surface area contributed by atoms with Gasteiger partial charge in [-0.3, -0.25) is 4.98 Å². The monoisotopic (exact) mass is 191 g/mol. The van der Waals surface area contributed by atoms with Gasteiger partial charge in [0, 0.05) is 12.7 Å². The van der Waals surface area contributed by atoms with Crippen molar-refractivity contribution in [2.24, 2.45) is 0 Å². The van der Waals surface area contributed by atoms with Crippen LogP contribution in [-0.2, 0) is 0 Å². The molecule has 0 saturated heterocycles. The number of hydrogen-bond acceptors (Lipinski definition) is 3. The van der Waals surface area contributed by atoms with Gasteiger partial charge in [0.15, 0.2) is 0 Å². The van der Waals surface area contributed by atoms with E-state index in [1.54, 1.807) is 6.20 Å². The highest BCUT2D eigenvalue weighted by Crippen LogP contribution is 2.07. The van der Waals surface area contributed by atoms with Crippen molar-refractivity contribution in [3.8, 4) is 0 Å². The van der Waals surface area contributed by atoms with Crippen molar-refractivity contribution in [2.75, 3.05) is 11.9 Å². The summed E-state index contributed by atoms with van der Waals surface area (Å²) in [7, 11) is 0. The standard InChI is InChI=1S/C11H17N3/c1-8(2)5-6-12-11-10(4)13-7-9(3)14-11/h5,7H,6H2,1-4H3,(H,12,14). The summed E-state index contributed by atoms with van der Waals surface area (Å²) in [6.07, 6.45) is 3.91. The van der Waals surface area contributed by atoms with E-state index in [4.69, 9.17) is 0 Å². The Bertz CT molecular complexity index is 338. The molecule has 0 aliphatic carbocycles. The minimum Gasteiger partial charge on any atom is -0.365 e. The molecule has 1 rings (SSSR count). The SMILES string of the molecule is CC(C)=CCNc1nc(C)cnc1C. The lowest BCUT2D eigenvalue weighted by Crippen LogP contribution is -2.05. The predicted octanol–water partition coefficient (Wildman–Crippen LogP) is 2.47. The van der Waals surface area contributed by atoms with Crippen LogP contribution < -0.4 is 5.32 Å². The minimum absolute atomic E-state index is 0.807. The highest BCUT2D eigenvalue weighted by molar-refractivity contribution is 5.40. The van der Waals surface area contributed by atoms with Gasteiger partial charge in [-0.25, -0.2) is 4.98 Å². The highest BCUT2D eigenvalue weighted by Gasteiger charge is 1.98. The van der Waals surface area contributed by atoms with Crippen LogP contribution in [-0.4, -0.2) is 16.5 Å². The van der Waals surface area contributed by atoms with E-state index in [0.29, 0.717) is 0 Å². The number of hydrogen-bond donors (Lipinski definition) is 1. The first-order valence-corrected chi connectivity index (χ1v) is 4.77. The van der Waals surface area contributed by atoms with Gasteiger partial charge >= 0.3 is 0 Å². The van der Waals surface area contributed by atoms with Gasteiger partial charge in [-0.2, -0.15) is 0 Å². The fourth-order valence-electron chi connectivity index (χ4n) is 1.06. The van der Waals surface area contributed by atoms with Crippen LogP contribution in [0, 0.1) is 13.8 Å². The van der Waals surface area contributed by atoms with Crippen LogP contribution in [0.3, 0.4) is 0 Å². The summed E-state index contributed by atoms with van der Waals surface area (Å²) in [6, 6.07) is 0. The van der Waals surface area contributed by atoms with E-state index < -0.39 is 0 Å². The van der Waals surface area contributed by atoms with Crippen LogP contribution in [0.25, 0.3) is 0 Å². The zero-order valence-electron chi connectivity index (χ0n) is 9.26. The third-order valence-corrected chi connectivity index (χ3v) is 1.86. The molecule has 0 aliphatic heterocycles. The summed E-state index contributed by atoms with van der Waals surface area (Å²) >= 11 is 0. The number of allylic oxidation sites excluding steroid dienone is 1. The van der Waals surface area contributed by atoms with Crippen molar-refractivity contribution in [3.63, 3.8) is 0 Å². The molecule has 0 amide bonds. The van der Waals surface area contributed by atoms with Gasteiger partial charge in [0.2, 0.25) is 0 Å². The lowest BCUT2D eigenvalue weighted by atomic mass is 10.3. The Hall–Kier alpha value is -1.38. The highest BCUT2D eigenvalue weighted by atomic mass is 15.0. The number of aromatic nitrogens is 2. The van der Waals surface area contributed by atoms with Gasteiger partial charge < -0.3 is 5.32 Å². The molecule has 0 saturated carbocycles. The number of anilines is 1. The quantitative estimate of drug-likeness (QED) is 0.746. The maximum absolute atomic E-state index is 4.37. The molecule has 1 aromatic rings. The molecule has 3 heteroatoms. The second-order valence-electron chi connectivity index (χ2n) is 3.61. The molecule has 3 nitrogen and oxygen atoms in total. The first kappa shape index (κ1) is 10.7. The van der Waals surface area contributed by atoms with Crippen molar-refractivity contribution in [2.45, 2.75) is 27.7 Å². The molecule has 14 heavy (non-hydrogen) atoms. The molecular weight excluding hydrogens is 174 g/mol. The molecule has 1 N–H and O–H groups in total. The first-order valence-electron chi connectivity index (χ1n) is 4.77. The van der Waals surface area contributed by atoms with Gasteiger partial charge in [-0.1, -0.05) is 11.6 Å². The van der Waals surface area contributed by atoms with E-state index in [1.165, 1.54) is 5.57 Å². The van der Waals surface area contributed by atoms with Crippen LogP contribution in [0.15, 0.2) is 17.8 Å². The Morgan fingerprint density at radius 1 is 1.43 bits per heavy atom. The molecule has 0 atom stereocenters. The van der Waals surface area contributed by atoms with Crippen LogP contribution in [0.5, 0.6) is 0 Å². The molecule has 1 heterocycles. The molecule has 76 valence electrons. The molecule has 0 aliphatic rings. The van der Waals surface area contributed by atoms with Gasteiger partial charge in [0.1, 0.15) is 5.82 Å². The second kappa shape index (κ2) is 4.74. The molecule has 0 spiro atoms. The van der Waals surface area contributed by atoms with Gasteiger partial charge in [-0.05, 0) is 27.7 Å². The third-order valence-electron chi connectivity index (χ3n) is 1.86. The van der Waals surface area contributed by atoms with E-state index in [-0.39, 0.29) is 0 Å². The Morgan fingerprint density at radius 2 is 2.14 bits per heavy atom. The largest absolute Gasteiger partial charge is 0.365 e. The molecule has 1 aromatic heterocycles. The van der Waals surface area contributed by atoms with Crippen LogP contribution in [0.2, 0.25) is 0 Å². The predicted molar refractivity (Wildman–Crippen MR) is 59.4 cm³/mol.